The molecule has 1 N–H and O–H groups in total. The number of hydrogen-bond acceptors (Lipinski definition) is 4. The van der Waals surface area contributed by atoms with Gasteiger partial charge in [0.05, 0.1) is 11.4 Å². The van der Waals surface area contributed by atoms with Gasteiger partial charge in [0.25, 0.3) is 5.91 Å². The van der Waals surface area contributed by atoms with Crippen LogP contribution in [0.1, 0.15) is 47.1 Å². The molecule has 0 aliphatic heterocycles. The molecule has 2 heterocycles. The standard InChI is InChI=1S/C18H20N4O2/c1-12(2)17-16(13(3)21-24-17)18(23)19-11-14-7-4-5-8-15(14)22-10-6-9-20-22/h4-10,12H,11H2,1-3H3,(H,19,23). The molecule has 124 valence electrons. The molecule has 0 unspecified atom stereocenters. The summed E-state index contributed by atoms with van der Waals surface area (Å²) in [5.74, 6) is 0.543. The fourth-order valence-corrected chi connectivity index (χ4v) is 2.62. The summed E-state index contributed by atoms with van der Waals surface area (Å²) in [7, 11) is 0. The average molecular weight is 324 g/mol. The van der Waals surface area contributed by atoms with Gasteiger partial charge < -0.3 is 9.84 Å². The minimum atomic E-state index is -0.173. The summed E-state index contributed by atoms with van der Waals surface area (Å²) in [6.07, 6.45) is 3.60. The van der Waals surface area contributed by atoms with Gasteiger partial charge in [0.2, 0.25) is 0 Å². The van der Waals surface area contributed by atoms with Gasteiger partial charge in [-0.3, -0.25) is 4.79 Å². The number of hydrogen-bond donors (Lipinski definition) is 1. The zero-order valence-electron chi connectivity index (χ0n) is 14.0. The predicted molar refractivity (Wildman–Crippen MR) is 90.1 cm³/mol. The molecule has 0 bridgehead atoms. The molecule has 0 atom stereocenters. The number of nitrogens with zero attached hydrogens (tertiary/aromatic N) is 3. The summed E-state index contributed by atoms with van der Waals surface area (Å²) >= 11 is 0. The van der Waals surface area contributed by atoms with Gasteiger partial charge in [0.15, 0.2) is 5.76 Å². The highest BCUT2D eigenvalue weighted by Gasteiger charge is 2.22. The van der Waals surface area contributed by atoms with Crippen LogP contribution in [0.15, 0.2) is 47.2 Å². The van der Waals surface area contributed by atoms with Crippen LogP contribution >= 0.6 is 0 Å². The summed E-state index contributed by atoms with van der Waals surface area (Å²) in [5, 5.41) is 11.1. The van der Waals surface area contributed by atoms with Gasteiger partial charge in [-0.2, -0.15) is 5.10 Å². The van der Waals surface area contributed by atoms with E-state index in [2.05, 4.69) is 15.6 Å². The maximum absolute atomic E-state index is 12.6. The summed E-state index contributed by atoms with van der Waals surface area (Å²) in [6.45, 7) is 6.13. The van der Waals surface area contributed by atoms with Crippen molar-refractivity contribution in [3.63, 3.8) is 0 Å². The minimum Gasteiger partial charge on any atom is -0.360 e. The third kappa shape index (κ3) is 3.08. The zero-order valence-corrected chi connectivity index (χ0v) is 14.0. The molecule has 0 radical (unpaired) electrons. The van der Waals surface area contributed by atoms with Crippen LogP contribution in [0.4, 0.5) is 0 Å². The number of carbonyl (C=O) groups excluding carboxylic acids is 1. The number of aryl methyl sites for hydroxylation is 1. The maximum Gasteiger partial charge on any atom is 0.257 e. The number of aromatic nitrogens is 3. The Hall–Kier alpha value is -2.89. The molecule has 0 saturated heterocycles. The average Bonchev–Trinajstić information content (AvgIpc) is 3.22. The van der Waals surface area contributed by atoms with Crippen LogP contribution in [0.5, 0.6) is 0 Å². The topological polar surface area (TPSA) is 73.0 Å². The Balaban J connectivity index is 1.80. The highest BCUT2D eigenvalue weighted by molar-refractivity contribution is 5.96. The highest BCUT2D eigenvalue weighted by Crippen LogP contribution is 2.22. The molecule has 0 aliphatic carbocycles. The maximum atomic E-state index is 12.6. The zero-order chi connectivity index (χ0) is 17.1. The molecule has 0 fully saturated rings. The fourth-order valence-electron chi connectivity index (χ4n) is 2.62. The molecule has 24 heavy (non-hydrogen) atoms. The smallest absolute Gasteiger partial charge is 0.257 e. The molecular weight excluding hydrogens is 304 g/mol. The first-order valence-electron chi connectivity index (χ1n) is 7.90. The number of nitrogens with one attached hydrogen (secondary N) is 1. The number of benzene rings is 1. The monoisotopic (exact) mass is 324 g/mol. The van der Waals surface area contributed by atoms with Crippen LogP contribution in [0.2, 0.25) is 0 Å². The van der Waals surface area contributed by atoms with Crippen molar-refractivity contribution in [2.24, 2.45) is 0 Å². The van der Waals surface area contributed by atoms with E-state index in [1.54, 1.807) is 17.8 Å². The highest BCUT2D eigenvalue weighted by atomic mass is 16.5. The van der Waals surface area contributed by atoms with E-state index in [9.17, 15) is 4.79 Å². The van der Waals surface area contributed by atoms with Gasteiger partial charge >= 0.3 is 0 Å². The van der Waals surface area contributed by atoms with Gasteiger partial charge in [-0.15, -0.1) is 0 Å². The summed E-state index contributed by atoms with van der Waals surface area (Å²) in [5.41, 5.74) is 3.06. The van der Waals surface area contributed by atoms with Crippen molar-refractivity contribution in [1.29, 1.82) is 0 Å². The third-order valence-electron chi connectivity index (χ3n) is 3.82. The van der Waals surface area contributed by atoms with Gasteiger partial charge in [0, 0.05) is 24.9 Å². The Morgan fingerprint density at radius 2 is 2.08 bits per heavy atom. The van der Waals surface area contributed by atoms with E-state index in [0.717, 1.165) is 11.3 Å². The Kier molecular flexibility index (Phi) is 4.46. The number of carbonyl (C=O) groups is 1. The Bertz CT molecular complexity index is 835. The van der Waals surface area contributed by atoms with Crippen molar-refractivity contribution in [2.75, 3.05) is 0 Å². The first kappa shape index (κ1) is 16.0. The van der Waals surface area contributed by atoms with E-state index < -0.39 is 0 Å². The quantitative estimate of drug-likeness (QED) is 0.782. The molecule has 1 aromatic carbocycles. The van der Waals surface area contributed by atoms with E-state index in [4.69, 9.17) is 4.52 Å². The number of amides is 1. The largest absolute Gasteiger partial charge is 0.360 e. The SMILES string of the molecule is Cc1noc(C(C)C)c1C(=O)NCc1ccccc1-n1cccn1. The van der Waals surface area contributed by atoms with E-state index in [-0.39, 0.29) is 11.8 Å². The molecule has 1 amide bonds. The van der Waals surface area contributed by atoms with Crippen molar-refractivity contribution < 1.29 is 9.32 Å². The van der Waals surface area contributed by atoms with Crippen LogP contribution in [0.25, 0.3) is 5.69 Å². The number of rotatable bonds is 5. The van der Waals surface area contributed by atoms with E-state index in [0.29, 0.717) is 23.6 Å². The molecule has 0 spiro atoms. The number of para-hydroxylation sites is 1. The lowest BCUT2D eigenvalue weighted by Gasteiger charge is -2.11. The molecule has 2 aromatic heterocycles. The third-order valence-corrected chi connectivity index (χ3v) is 3.82. The summed E-state index contributed by atoms with van der Waals surface area (Å²) in [6, 6.07) is 9.70. The van der Waals surface area contributed by atoms with Crippen LogP contribution < -0.4 is 5.32 Å². The van der Waals surface area contributed by atoms with Gasteiger partial charge in [-0.25, -0.2) is 4.68 Å². The molecule has 0 saturated carbocycles. The Morgan fingerprint density at radius 1 is 1.29 bits per heavy atom. The van der Waals surface area contributed by atoms with Crippen molar-refractivity contribution in [1.82, 2.24) is 20.3 Å². The van der Waals surface area contributed by atoms with Gasteiger partial charge in [-0.05, 0) is 24.6 Å². The van der Waals surface area contributed by atoms with Crippen LogP contribution in [0, 0.1) is 6.92 Å². The summed E-state index contributed by atoms with van der Waals surface area (Å²) in [4.78, 5) is 12.6. The molecule has 6 nitrogen and oxygen atoms in total. The Morgan fingerprint density at radius 3 is 2.79 bits per heavy atom. The minimum absolute atomic E-state index is 0.100. The molecule has 0 aliphatic rings. The van der Waals surface area contributed by atoms with Gasteiger partial charge in [0.1, 0.15) is 5.56 Å². The lowest BCUT2D eigenvalue weighted by Crippen LogP contribution is -2.25. The van der Waals surface area contributed by atoms with Gasteiger partial charge in [-0.1, -0.05) is 37.2 Å². The van der Waals surface area contributed by atoms with E-state index >= 15 is 0 Å². The van der Waals surface area contributed by atoms with Crippen LogP contribution in [0.3, 0.4) is 0 Å². The second kappa shape index (κ2) is 6.70. The van der Waals surface area contributed by atoms with Crippen molar-refractivity contribution >= 4 is 5.91 Å². The second-order valence-corrected chi connectivity index (χ2v) is 5.92. The summed E-state index contributed by atoms with van der Waals surface area (Å²) < 4.78 is 7.07. The molecule has 6 heteroatoms. The van der Waals surface area contributed by atoms with Crippen molar-refractivity contribution in [3.8, 4) is 5.69 Å². The lowest BCUT2D eigenvalue weighted by atomic mass is 10.0. The first-order valence-corrected chi connectivity index (χ1v) is 7.90. The second-order valence-electron chi connectivity index (χ2n) is 5.92. The van der Waals surface area contributed by atoms with Crippen molar-refractivity contribution in [2.45, 2.75) is 33.2 Å². The van der Waals surface area contributed by atoms with E-state index in [1.165, 1.54) is 0 Å². The lowest BCUT2D eigenvalue weighted by molar-refractivity contribution is 0.0948. The fraction of sp³-hybridized carbons (Fsp3) is 0.278. The van der Waals surface area contributed by atoms with E-state index in [1.807, 2.05) is 50.4 Å². The van der Waals surface area contributed by atoms with Crippen LogP contribution in [-0.2, 0) is 6.54 Å². The van der Waals surface area contributed by atoms with Crippen molar-refractivity contribution in [3.05, 3.63) is 65.3 Å². The first-order chi connectivity index (χ1) is 11.6. The normalized spacial score (nSPS) is 11.0. The molecule has 3 rings (SSSR count). The molecule has 3 aromatic rings. The molecular formula is C18H20N4O2. The van der Waals surface area contributed by atoms with Crippen LogP contribution in [-0.4, -0.2) is 20.8 Å². The Labute approximate surface area is 140 Å². The predicted octanol–water partition coefficient (Wildman–Crippen LogP) is 3.22.